The van der Waals surface area contributed by atoms with Gasteiger partial charge in [-0.1, -0.05) is 38.1 Å². The van der Waals surface area contributed by atoms with Crippen LogP contribution in [0.15, 0.2) is 54.6 Å². The van der Waals surface area contributed by atoms with Crippen LogP contribution in [0.25, 0.3) is 0 Å². The van der Waals surface area contributed by atoms with Crippen LogP contribution in [-0.2, 0) is 4.79 Å². The van der Waals surface area contributed by atoms with E-state index in [0.29, 0.717) is 19.0 Å². The number of amides is 1. The summed E-state index contributed by atoms with van der Waals surface area (Å²) in [4.78, 5) is 11.6. The van der Waals surface area contributed by atoms with Gasteiger partial charge in [0.2, 0.25) is 5.91 Å². The minimum Gasteiger partial charge on any atom is -0.490 e. The zero-order valence-corrected chi connectivity index (χ0v) is 15.1. The van der Waals surface area contributed by atoms with Crippen LogP contribution in [0.2, 0.25) is 0 Å². The van der Waals surface area contributed by atoms with Crippen molar-refractivity contribution in [1.29, 1.82) is 0 Å². The number of anilines is 1. The molecular weight excluding hydrogens is 336 g/mol. The highest BCUT2D eigenvalue weighted by atomic mass is 32.1. The van der Waals surface area contributed by atoms with E-state index in [4.69, 9.17) is 21.7 Å². The Balaban J connectivity index is 1.78. The Kier molecular flexibility index (Phi) is 7.22. The van der Waals surface area contributed by atoms with Gasteiger partial charge in [-0.15, -0.1) is 0 Å². The van der Waals surface area contributed by atoms with E-state index in [-0.39, 0.29) is 16.9 Å². The van der Waals surface area contributed by atoms with Crippen molar-refractivity contribution in [3.8, 4) is 11.5 Å². The minimum absolute atomic E-state index is 0.122. The normalized spacial score (nSPS) is 10.2. The van der Waals surface area contributed by atoms with E-state index in [0.717, 1.165) is 11.4 Å². The van der Waals surface area contributed by atoms with Crippen LogP contribution >= 0.6 is 12.2 Å². The van der Waals surface area contributed by atoms with Crippen molar-refractivity contribution in [2.75, 3.05) is 18.5 Å². The molecule has 1 amide bonds. The van der Waals surface area contributed by atoms with Crippen molar-refractivity contribution in [1.82, 2.24) is 5.32 Å². The maximum atomic E-state index is 11.6. The van der Waals surface area contributed by atoms with Gasteiger partial charge >= 0.3 is 0 Å². The SMILES string of the molecule is CC(C)C(=O)NC(=S)Nc1cccc(OCCOc2ccccc2)c1. The van der Waals surface area contributed by atoms with E-state index >= 15 is 0 Å². The number of thiocarbonyl (C=S) groups is 1. The average molecular weight is 358 g/mol. The van der Waals surface area contributed by atoms with Crippen molar-refractivity contribution in [3.63, 3.8) is 0 Å². The Bertz CT molecular complexity index is 705. The smallest absolute Gasteiger partial charge is 0.228 e. The maximum absolute atomic E-state index is 11.6. The van der Waals surface area contributed by atoms with Crippen molar-refractivity contribution in [2.24, 2.45) is 5.92 Å². The van der Waals surface area contributed by atoms with Gasteiger partial charge in [-0.3, -0.25) is 4.79 Å². The van der Waals surface area contributed by atoms with Gasteiger partial charge in [-0.05, 0) is 36.5 Å². The first-order valence-electron chi connectivity index (χ1n) is 8.07. The summed E-state index contributed by atoms with van der Waals surface area (Å²) in [6.45, 7) is 4.49. The first-order valence-corrected chi connectivity index (χ1v) is 8.48. The number of rotatable bonds is 7. The van der Waals surface area contributed by atoms with Gasteiger partial charge in [0.1, 0.15) is 24.7 Å². The number of hydrogen-bond acceptors (Lipinski definition) is 4. The lowest BCUT2D eigenvalue weighted by atomic mass is 10.2. The van der Waals surface area contributed by atoms with Crippen molar-refractivity contribution >= 4 is 28.9 Å². The third-order valence-electron chi connectivity index (χ3n) is 3.22. The fourth-order valence-electron chi connectivity index (χ4n) is 1.92. The molecule has 2 N–H and O–H groups in total. The van der Waals surface area contributed by atoms with Crippen molar-refractivity contribution < 1.29 is 14.3 Å². The first-order chi connectivity index (χ1) is 12.0. The molecular formula is C19H22N2O3S. The molecule has 132 valence electrons. The molecule has 2 aromatic carbocycles. The summed E-state index contributed by atoms with van der Waals surface area (Å²) in [6, 6.07) is 17.0. The highest BCUT2D eigenvalue weighted by Crippen LogP contribution is 2.17. The van der Waals surface area contributed by atoms with E-state index in [9.17, 15) is 4.79 Å². The van der Waals surface area contributed by atoms with Gasteiger partial charge in [0.15, 0.2) is 5.11 Å². The average Bonchev–Trinajstić information content (AvgIpc) is 2.60. The minimum atomic E-state index is -0.126. The largest absolute Gasteiger partial charge is 0.490 e. The second-order valence-corrected chi connectivity index (χ2v) is 6.04. The fraction of sp³-hybridized carbons (Fsp3) is 0.263. The molecule has 0 aliphatic heterocycles. The van der Waals surface area contributed by atoms with Crippen LogP contribution in [0.4, 0.5) is 5.69 Å². The summed E-state index contributed by atoms with van der Waals surface area (Å²) < 4.78 is 11.3. The van der Waals surface area contributed by atoms with Gasteiger partial charge < -0.3 is 20.1 Å². The molecule has 0 atom stereocenters. The van der Waals surface area contributed by atoms with Crippen LogP contribution in [-0.4, -0.2) is 24.2 Å². The van der Waals surface area contributed by atoms with Gasteiger partial charge in [0.05, 0.1) is 0 Å². The summed E-state index contributed by atoms with van der Waals surface area (Å²) in [6.07, 6.45) is 0. The standard InChI is InChI=1S/C19H22N2O3S/c1-14(2)18(22)21-19(25)20-15-7-6-10-17(13-15)24-12-11-23-16-8-4-3-5-9-16/h3-10,13-14H,11-12H2,1-2H3,(H2,20,21,22,25). The number of carbonyl (C=O) groups is 1. The molecule has 0 fully saturated rings. The number of benzene rings is 2. The third-order valence-corrected chi connectivity index (χ3v) is 3.42. The van der Waals surface area contributed by atoms with Crippen LogP contribution in [0.3, 0.4) is 0 Å². The van der Waals surface area contributed by atoms with Gasteiger partial charge in [-0.2, -0.15) is 0 Å². The molecule has 0 heterocycles. The highest BCUT2D eigenvalue weighted by Gasteiger charge is 2.09. The molecule has 0 radical (unpaired) electrons. The number of nitrogens with one attached hydrogen (secondary N) is 2. The molecule has 0 aliphatic rings. The zero-order chi connectivity index (χ0) is 18.1. The van der Waals surface area contributed by atoms with Crippen molar-refractivity contribution in [2.45, 2.75) is 13.8 Å². The van der Waals surface area contributed by atoms with E-state index < -0.39 is 0 Å². The molecule has 2 aromatic rings. The summed E-state index contributed by atoms with van der Waals surface area (Å²) in [5.41, 5.74) is 0.746. The predicted molar refractivity (Wildman–Crippen MR) is 103 cm³/mol. The fourth-order valence-corrected chi connectivity index (χ4v) is 2.14. The van der Waals surface area contributed by atoms with Gasteiger partial charge in [0, 0.05) is 17.7 Å². The lowest BCUT2D eigenvalue weighted by molar-refractivity contribution is -0.122. The summed E-state index contributed by atoms with van der Waals surface area (Å²) in [5.74, 6) is 1.26. The lowest BCUT2D eigenvalue weighted by Crippen LogP contribution is -2.36. The molecule has 5 nitrogen and oxygen atoms in total. The Morgan fingerprint density at radius 2 is 1.64 bits per heavy atom. The molecule has 0 saturated heterocycles. The quantitative estimate of drug-likeness (QED) is 0.585. The number of ether oxygens (including phenoxy) is 2. The van der Waals surface area contributed by atoms with E-state index in [1.54, 1.807) is 0 Å². The lowest BCUT2D eigenvalue weighted by Gasteiger charge is -2.12. The van der Waals surface area contributed by atoms with Gasteiger partial charge in [0.25, 0.3) is 0 Å². The number of carbonyl (C=O) groups excluding carboxylic acids is 1. The van der Waals surface area contributed by atoms with Crippen LogP contribution in [0, 0.1) is 5.92 Å². The molecule has 6 heteroatoms. The number of hydrogen-bond donors (Lipinski definition) is 2. The van der Waals surface area contributed by atoms with E-state index in [1.807, 2.05) is 68.4 Å². The van der Waals surface area contributed by atoms with Crippen molar-refractivity contribution in [3.05, 3.63) is 54.6 Å². The summed E-state index contributed by atoms with van der Waals surface area (Å²) >= 11 is 5.13. The summed E-state index contributed by atoms with van der Waals surface area (Å²) in [5, 5.41) is 5.88. The topological polar surface area (TPSA) is 59.6 Å². The molecule has 2 rings (SSSR count). The molecule has 0 bridgehead atoms. The Morgan fingerprint density at radius 1 is 1.00 bits per heavy atom. The second kappa shape index (κ2) is 9.64. The molecule has 0 unspecified atom stereocenters. The second-order valence-electron chi connectivity index (χ2n) is 5.64. The Morgan fingerprint density at radius 3 is 2.32 bits per heavy atom. The highest BCUT2D eigenvalue weighted by molar-refractivity contribution is 7.80. The molecule has 0 saturated carbocycles. The maximum Gasteiger partial charge on any atom is 0.228 e. The van der Waals surface area contributed by atoms with E-state index in [2.05, 4.69) is 10.6 Å². The first kappa shape index (κ1) is 18.7. The van der Waals surface area contributed by atoms with Crippen LogP contribution in [0.5, 0.6) is 11.5 Å². The molecule has 0 aliphatic carbocycles. The monoisotopic (exact) mass is 358 g/mol. The zero-order valence-electron chi connectivity index (χ0n) is 14.3. The third kappa shape index (κ3) is 6.81. The molecule has 0 spiro atoms. The van der Waals surface area contributed by atoms with Gasteiger partial charge in [-0.25, -0.2) is 0 Å². The molecule has 0 aromatic heterocycles. The Labute approximate surface area is 153 Å². The summed E-state index contributed by atoms with van der Waals surface area (Å²) in [7, 11) is 0. The molecule has 25 heavy (non-hydrogen) atoms. The predicted octanol–water partition coefficient (Wildman–Crippen LogP) is 3.61. The number of para-hydroxylation sites is 1. The Hall–Kier alpha value is -2.60. The van der Waals surface area contributed by atoms with Crippen LogP contribution < -0.4 is 20.1 Å². The van der Waals surface area contributed by atoms with Crippen LogP contribution in [0.1, 0.15) is 13.8 Å². The van der Waals surface area contributed by atoms with E-state index in [1.165, 1.54) is 0 Å².